The van der Waals surface area contributed by atoms with Crippen molar-refractivity contribution >= 4 is 33.3 Å². The molecule has 2 N–H and O–H groups in total. The van der Waals surface area contributed by atoms with Gasteiger partial charge in [0.25, 0.3) is 0 Å². The molecule has 1 unspecified atom stereocenters. The van der Waals surface area contributed by atoms with E-state index in [1.54, 1.807) is 13.8 Å². The number of esters is 1. The number of sulfonamides is 1. The molecule has 0 amide bonds. The maximum Gasteiger partial charge on any atom is 0.347 e. The van der Waals surface area contributed by atoms with Crippen molar-refractivity contribution in [3.63, 3.8) is 0 Å². The van der Waals surface area contributed by atoms with Gasteiger partial charge in [0.15, 0.2) is 0 Å². The Hall–Kier alpha value is -1.45. The van der Waals surface area contributed by atoms with Crippen LogP contribution in [0, 0.1) is 12.8 Å². The molecule has 0 aromatic carbocycles. The second kappa shape index (κ2) is 6.54. The van der Waals surface area contributed by atoms with E-state index in [2.05, 4.69) is 9.46 Å². The van der Waals surface area contributed by atoms with Gasteiger partial charge in [0.2, 0.25) is 10.0 Å². The van der Waals surface area contributed by atoms with Crippen molar-refractivity contribution in [2.75, 3.05) is 7.11 Å². The fourth-order valence-electron chi connectivity index (χ4n) is 1.72. The Kier molecular flexibility index (Phi) is 5.48. The number of hydrogen-bond acceptors (Lipinski definition) is 6. The first-order valence-corrected chi connectivity index (χ1v) is 8.39. The van der Waals surface area contributed by atoms with Gasteiger partial charge in [-0.05, 0) is 23.8 Å². The second-order valence-corrected chi connectivity index (χ2v) is 7.28. The van der Waals surface area contributed by atoms with Gasteiger partial charge in [-0.25, -0.2) is 13.2 Å². The summed E-state index contributed by atoms with van der Waals surface area (Å²) in [4.78, 5) is 22.2. The minimum Gasteiger partial charge on any atom is -0.477 e. The van der Waals surface area contributed by atoms with Crippen LogP contribution in [0.4, 0.5) is 0 Å². The number of methoxy groups -OCH3 is 1. The summed E-state index contributed by atoms with van der Waals surface area (Å²) in [5.41, 5.74) is 0.317. The molecular weight excluding hydrogens is 318 g/mol. The Labute approximate surface area is 127 Å². The molecule has 21 heavy (non-hydrogen) atoms. The van der Waals surface area contributed by atoms with Gasteiger partial charge in [0, 0.05) is 0 Å². The molecular formula is C12H17NO6S2. The van der Waals surface area contributed by atoms with Crippen LogP contribution < -0.4 is 4.72 Å². The van der Waals surface area contributed by atoms with E-state index in [0.29, 0.717) is 5.56 Å². The fraction of sp³-hybridized carbons (Fsp3) is 0.500. The van der Waals surface area contributed by atoms with Crippen molar-refractivity contribution in [1.82, 2.24) is 4.72 Å². The van der Waals surface area contributed by atoms with E-state index in [4.69, 9.17) is 5.11 Å². The summed E-state index contributed by atoms with van der Waals surface area (Å²) in [6.07, 6.45) is 0. The van der Waals surface area contributed by atoms with Crippen molar-refractivity contribution in [1.29, 1.82) is 0 Å². The highest BCUT2D eigenvalue weighted by atomic mass is 32.2. The summed E-state index contributed by atoms with van der Waals surface area (Å²) in [5, 5.41) is 10.5. The largest absolute Gasteiger partial charge is 0.477 e. The van der Waals surface area contributed by atoms with E-state index in [1.165, 1.54) is 12.3 Å². The molecule has 0 saturated heterocycles. The molecule has 0 aliphatic heterocycles. The number of rotatable bonds is 6. The number of carbonyl (C=O) groups is 2. The van der Waals surface area contributed by atoms with Gasteiger partial charge in [-0.2, -0.15) is 4.72 Å². The van der Waals surface area contributed by atoms with Crippen LogP contribution in [0.5, 0.6) is 0 Å². The van der Waals surface area contributed by atoms with Gasteiger partial charge >= 0.3 is 11.9 Å². The zero-order valence-corrected chi connectivity index (χ0v) is 13.7. The lowest BCUT2D eigenvalue weighted by molar-refractivity contribution is -0.143. The van der Waals surface area contributed by atoms with Crippen LogP contribution in [-0.4, -0.2) is 38.6 Å². The zero-order valence-electron chi connectivity index (χ0n) is 12.0. The van der Waals surface area contributed by atoms with E-state index < -0.39 is 28.0 Å². The lowest BCUT2D eigenvalue weighted by Crippen LogP contribution is -2.45. The number of aromatic carboxylic acids is 1. The first kappa shape index (κ1) is 17.6. The molecule has 0 aliphatic carbocycles. The summed E-state index contributed by atoms with van der Waals surface area (Å²) < 4.78 is 31.6. The molecule has 0 bridgehead atoms. The number of carboxylic acids is 1. The zero-order chi connectivity index (χ0) is 16.4. The minimum atomic E-state index is -4.14. The molecule has 0 saturated carbocycles. The molecule has 1 aromatic rings. The van der Waals surface area contributed by atoms with Gasteiger partial charge < -0.3 is 9.84 Å². The number of aryl methyl sites for hydroxylation is 1. The van der Waals surface area contributed by atoms with Crippen LogP contribution in [0.3, 0.4) is 0 Å². The smallest absolute Gasteiger partial charge is 0.347 e. The van der Waals surface area contributed by atoms with E-state index in [-0.39, 0.29) is 15.7 Å². The van der Waals surface area contributed by atoms with E-state index >= 15 is 0 Å². The van der Waals surface area contributed by atoms with Crippen molar-refractivity contribution in [2.24, 2.45) is 5.92 Å². The Balaban J connectivity index is 3.26. The Morgan fingerprint density at radius 3 is 2.38 bits per heavy atom. The van der Waals surface area contributed by atoms with Crippen LogP contribution in [0.25, 0.3) is 0 Å². The Bertz CT molecular complexity index is 647. The molecule has 118 valence electrons. The fourth-order valence-corrected chi connectivity index (χ4v) is 4.69. The van der Waals surface area contributed by atoms with E-state index in [9.17, 15) is 18.0 Å². The predicted octanol–water partition coefficient (Wildman–Crippen LogP) is 1.23. The van der Waals surface area contributed by atoms with Crippen molar-refractivity contribution in [3.05, 3.63) is 15.8 Å². The van der Waals surface area contributed by atoms with Crippen LogP contribution in [0.1, 0.15) is 29.1 Å². The van der Waals surface area contributed by atoms with Gasteiger partial charge in [0.05, 0.1) is 7.11 Å². The van der Waals surface area contributed by atoms with Crippen molar-refractivity contribution < 1.29 is 27.9 Å². The first-order chi connectivity index (χ1) is 9.61. The number of thiophene rings is 1. The van der Waals surface area contributed by atoms with Gasteiger partial charge in [-0.1, -0.05) is 13.8 Å². The average molecular weight is 335 g/mol. The minimum absolute atomic E-state index is 0.285. The molecule has 1 atom stereocenters. The average Bonchev–Trinajstić information content (AvgIpc) is 2.77. The summed E-state index contributed by atoms with van der Waals surface area (Å²) in [6.45, 7) is 4.81. The molecule has 0 aliphatic rings. The second-order valence-electron chi connectivity index (χ2n) is 4.75. The predicted molar refractivity (Wildman–Crippen MR) is 77.0 cm³/mol. The summed E-state index contributed by atoms with van der Waals surface area (Å²) in [6, 6.07) is -1.08. The highest BCUT2D eigenvalue weighted by Crippen LogP contribution is 2.27. The third-order valence-electron chi connectivity index (χ3n) is 2.78. The third kappa shape index (κ3) is 3.80. The number of ether oxygens (including phenoxy) is 1. The summed E-state index contributed by atoms with van der Waals surface area (Å²) in [7, 11) is -2.99. The topological polar surface area (TPSA) is 110 Å². The lowest BCUT2D eigenvalue weighted by atomic mass is 10.1. The molecule has 1 rings (SSSR count). The number of nitrogens with one attached hydrogen (secondary N) is 1. The molecule has 7 nitrogen and oxygen atoms in total. The van der Waals surface area contributed by atoms with Crippen LogP contribution >= 0.6 is 11.3 Å². The normalized spacial score (nSPS) is 13.2. The molecule has 1 aromatic heterocycles. The highest BCUT2D eigenvalue weighted by molar-refractivity contribution is 7.89. The Morgan fingerprint density at radius 1 is 1.38 bits per heavy atom. The number of hydrogen-bond donors (Lipinski definition) is 2. The summed E-state index contributed by atoms with van der Waals surface area (Å²) in [5.74, 6) is -2.40. The summed E-state index contributed by atoms with van der Waals surface area (Å²) >= 11 is 0.826. The monoisotopic (exact) mass is 335 g/mol. The molecule has 0 radical (unpaired) electrons. The van der Waals surface area contributed by atoms with Crippen molar-refractivity contribution in [2.45, 2.75) is 31.7 Å². The SMILES string of the molecule is COC(=O)C(NS(=O)(=O)c1c(C)csc1C(=O)O)C(C)C. The van der Waals surface area contributed by atoms with Crippen LogP contribution in [-0.2, 0) is 19.6 Å². The molecule has 0 fully saturated rings. The number of carboxylic acid groups (broad SMARTS) is 1. The lowest BCUT2D eigenvalue weighted by Gasteiger charge is -2.20. The molecule has 0 spiro atoms. The molecule has 9 heteroatoms. The first-order valence-electron chi connectivity index (χ1n) is 6.03. The maximum atomic E-state index is 12.4. The quantitative estimate of drug-likeness (QED) is 0.757. The van der Waals surface area contributed by atoms with Crippen molar-refractivity contribution in [3.8, 4) is 0 Å². The van der Waals surface area contributed by atoms with Gasteiger partial charge in [-0.15, -0.1) is 11.3 Å². The maximum absolute atomic E-state index is 12.4. The standard InChI is InChI=1S/C12H17NO6S2/c1-6(2)8(12(16)19-4)13-21(17,18)10-7(3)5-20-9(10)11(14)15/h5-6,8,13H,1-4H3,(H,14,15). The van der Waals surface area contributed by atoms with Crippen LogP contribution in [0.2, 0.25) is 0 Å². The third-order valence-corrected chi connectivity index (χ3v) is 5.63. The van der Waals surface area contributed by atoms with E-state index in [0.717, 1.165) is 18.4 Å². The highest BCUT2D eigenvalue weighted by Gasteiger charge is 2.33. The van der Waals surface area contributed by atoms with Crippen LogP contribution in [0.15, 0.2) is 10.3 Å². The van der Waals surface area contributed by atoms with Gasteiger partial charge in [0.1, 0.15) is 15.8 Å². The number of carbonyl (C=O) groups excluding carboxylic acids is 1. The van der Waals surface area contributed by atoms with Gasteiger partial charge in [-0.3, -0.25) is 4.79 Å². The molecule has 1 heterocycles. The van der Waals surface area contributed by atoms with E-state index in [1.807, 2.05) is 0 Å². The Morgan fingerprint density at radius 2 is 1.95 bits per heavy atom.